The van der Waals surface area contributed by atoms with Gasteiger partial charge in [0, 0.05) is 6.61 Å². The van der Waals surface area contributed by atoms with E-state index in [1.807, 2.05) is 24.3 Å². The topological polar surface area (TPSA) is 58.9 Å². The summed E-state index contributed by atoms with van der Waals surface area (Å²) in [6.07, 6.45) is 2.21. The highest BCUT2D eigenvalue weighted by Gasteiger charge is 2.10. The molecule has 0 unspecified atom stereocenters. The van der Waals surface area contributed by atoms with Gasteiger partial charge in [0.15, 0.2) is 0 Å². The Morgan fingerprint density at radius 1 is 0.952 bits per heavy atom. The van der Waals surface area contributed by atoms with Crippen LogP contribution in [0.25, 0.3) is 10.8 Å². The van der Waals surface area contributed by atoms with Gasteiger partial charge in [-0.15, -0.1) is 0 Å². The van der Waals surface area contributed by atoms with E-state index in [2.05, 4.69) is 6.92 Å². The number of ether oxygens (including phenoxy) is 2. The summed E-state index contributed by atoms with van der Waals surface area (Å²) in [6.45, 7) is 4.04. The standard InChI is InChI=1S/C16H21BO4/c1-2-3-8-20-9-10-21-16-7-5-13-11-15(17(18)19)6-4-14(13)12-16/h4-7,11-12,18-19H,2-3,8-10H2,1H3. The average Bonchev–Trinajstić information content (AvgIpc) is 2.50. The fraction of sp³-hybridized carbons (Fsp3) is 0.375. The zero-order valence-corrected chi connectivity index (χ0v) is 12.3. The minimum atomic E-state index is -1.44. The maximum atomic E-state index is 9.16. The van der Waals surface area contributed by atoms with E-state index in [1.165, 1.54) is 0 Å². The first-order valence-corrected chi connectivity index (χ1v) is 7.31. The van der Waals surface area contributed by atoms with Crippen molar-refractivity contribution in [3.05, 3.63) is 36.4 Å². The Balaban J connectivity index is 1.91. The Bertz CT molecular complexity index is 571. The smallest absolute Gasteiger partial charge is 0.488 e. The molecule has 0 aromatic heterocycles. The summed E-state index contributed by atoms with van der Waals surface area (Å²) in [5, 5.41) is 20.3. The zero-order chi connectivity index (χ0) is 15.1. The van der Waals surface area contributed by atoms with Crippen molar-refractivity contribution in [3.8, 4) is 5.75 Å². The van der Waals surface area contributed by atoms with Crippen LogP contribution in [-0.2, 0) is 4.74 Å². The average molecular weight is 288 g/mol. The Hall–Kier alpha value is -1.56. The number of benzene rings is 2. The van der Waals surface area contributed by atoms with Crippen LogP contribution in [0.4, 0.5) is 0 Å². The lowest BCUT2D eigenvalue weighted by atomic mass is 9.79. The largest absolute Gasteiger partial charge is 0.491 e. The van der Waals surface area contributed by atoms with Gasteiger partial charge in [-0.25, -0.2) is 0 Å². The van der Waals surface area contributed by atoms with Crippen LogP contribution < -0.4 is 10.2 Å². The highest BCUT2D eigenvalue weighted by molar-refractivity contribution is 6.58. The van der Waals surface area contributed by atoms with E-state index in [9.17, 15) is 0 Å². The van der Waals surface area contributed by atoms with Gasteiger partial charge in [-0.1, -0.05) is 37.6 Å². The molecule has 0 aliphatic carbocycles. The third-order valence-corrected chi connectivity index (χ3v) is 3.27. The summed E-state index contributed by atoms with van der Waals surface area (Å²) in [7, 11) is -1.44. The molecule has 0 radical (unpaired) electrons. The van der Waals surface area contributed by atoms with Gasteiger partial charge < -0.3 is 19.5 Å². The molecule has 0 fully saturated rings. The molecule has 0 spiro atoms. The summed E-state index contributed by atoms with van der Waals surface area (Å²) < 4.78 is 11.1. The molecule has 2 aromatic rings. The van der Waals surface area contributed by atoms with Gasteiger partial charge in [-0.2, -0.15) is 0 Å². The van der Waals surface area contributed by atoms with Crippen molar-refractivity contribution in [2.75, 3.05) is 19.8 Å². The van der Waals surface area contributed by atoms with Crippen LogP contribution in [0.1, 0.15) is 19.8 Å². The van der Waals surface area contributed by atoms with E-state index < -0.39 is 7.12 Å². The van der Waals surface area contributed by atoms with Crippen molar-refractivity contribution in [3.63, 3.8) is 0 Å². The SMILES string of the molecule is CCCCOCCOc1ccc2cc(B(O)O)ccc2c1. The second kappa shape index (κ2) is 8.03. The van der Waals surface area contributed by atoms with Crippen LogP contribution in [0.3, 0.4) is 0 Å². The van der Waals surface area contributed by atoms with Crippen molar-refractivity contribution in [2.45, 2.75) is 19.8 Å². The summed E-state index contributed by atoms with van der Waals surface area (Å²) in [5.74, 6) is 0.791. The predicted octanol–water partition coefficient (Wildman–Crippen LogP) is 1.72. The lowest BCUT2D eigenvalue weighted by Crippen LogP contribution is -2.29. The molecule has 0 heterocycles. The third-order valence-electron chi connectivity index (χ3n) is 3.27. The normalized spacial score (nSPS) is 10.8. The first-order chi connectivity index (χ1) is 10.2. The molecule has 0 saturated heterocycles. The lowest BCUT2D eigenvalue weighted by molar-refractivity contribution is 0.0981. The van der Waals surface area contributed by atoms with E-state index in [0.29, 0.717) is 18.7 Å². The molecule has 4 nitrogen and oxygen atoms in total. The van der Waals surface area contributed by atoms with E-state index in [-0.39, 0.29) is 0 Å². The van der Waals surface area contributed by atoms with Gasteiger partial charge in [-0.3, -0.25) is 0 Å². The van der Waals surface area contributed by atoms with Crippen molar-refractivity contribution in [1.82, 2.24) is 0 Å². The molecular formula is C16H21BO4. The second-order valence-electron chi connectivity index (χ2n) is 4.96. The molecule has 0 atom stereocenters. The monoisotopic (exact) mass is 288 g/mol. The highest BCUT2D eigenvalue weighted by atomic mass is 16.5. The highest BCUT2D eigenvalue weighted by Crippen LogP contribution is 2.20. The Morgan fingerprint density at radius 3 is 2.48 bits per heavy atom. The second-order valence-corrected chi connectivity index (χ2v) is 4.96. The number of fused-ring (bicyclic) bond motifs is 1. The number of unbranched alkanes of at least 4 members (excludes halogenated alkanes) is 1. The van der Waals surface area contributed by atoms with Crippen molar-refractivity contribution >= 4 is 23.4 Å². The van der Waals surface area contributed by atoms with Crippen LogP contribution in [0.15, 0.2) is 36.4 Å². The van der Waals surface area contributed by atoms with Crippen molar-refractivity contribution in [1.29, 1.82) is 0 Å². The maximum absolute atomic E-state index is 9.16. The van der Waals surface area contributed by atoms with Crippen LogP contribution in [0, 0.1) is 0 Å². The van der Waals surface area contributed by atoms with Crippen LogP contribution >= 0.6 is 0 Å². The lowest BCUT2D eigenvalue weighted by Gasteiger charge is -2.09. The molecular weight excluding hydrogens is 267 g/mol. The number of hydrogen-bond donors (Lipinski definition) is 2. The first kappa shape index (κ1) is 15.8. The van der Waals surface area contributed by atoms with Crippen LogP contribution in [0.5, 0.6) is 5.75 Å². The number of hydrogen-bond acceptors (Lipinski definition) is 4. The molecule has 0 saturated carbocycles. The maximum Gasteiger partial charge on any atom is 0.488 e. The Labute approximate surface area is 125 Å². The third kappa shape index (κ3) is 4.74. The van der Waals surface area contributed by atoms with E-state index in [1.54, 1.807) is 12.1 Å². The van der Waals surface area contributed by atoms with Crippen molar-refractivity contribution in [2.24, 2.45) is 0 Å². The Kier molecular flexibility index (Phi) is 6.05. The van der Waals surface area contributed by atoms with E-state index in [0.717, 1.165) is 36.0 Å². The van der Waals surface area contributed by atoms with Gasteiger partial charge in [0.25, 0.3) is 0 Å². The molecule has 112 valence electrons. The van der Waals surface area contributed by atoms with Crippen LogP contribution in [0.2, 0.25) is 0 Å². The summed E-state index contributed by atoms with van der Waals surface area (Å²) in [4.78, 5) is 0. The molecule has 0 bridgehead atoms. The van der Waals surface area contributed by atoms with Gasteiger partial charge in [0.1, 0.15) is 12.4 Å². The van der Waals surface area contributed by atoms with Gasteiger partial charge >= 0.3 is 7.12 Å². The first-order valence-electron chi connectivity index (χ1n) is 7.31. The minimum Gasteiger partial charge on any atom is -0.491 e. The molecule has 2 rings (SSSR count). The quantitative estimate of drug-likeness (QED) is 0.573. The fourth-order valence-corrected chi connectivity index (χ4v) is 2.06. The molecule has 2 aromatic carbocycles. The van der Waals surface area contributed by atoms with E-state index in [4.69, 9.17) is 19.5 Å². The summed E-state index contributed by atoms with van der Waals surface area (Å²) in [6, 6.07) is 11.0. The molecule has 0 aliphatic heterocycles. The Morgan fingerprint density at radius 2 is 1.71 bits per heavy atom. The van der Waals surface area contributed by atoms with E-state index >= 15 is 0 Å². The molecule has 2 N–H and O–H groups in total. The summed E-state index contributed by atoms with van der Waals surface area (Å²) >= 11 is 0. The number of rotatable bonds is 8. The van der Waals surface area contributed by atoms with Gasteiger partial charge in [-0.05, 0) is 34.8 Å². The summed E-state index contributed by atoms with van der Waals surface area (Å²) in [5.41, 5.74) is 0.487. The van der Waals surface area contributed by atoms with Gasteiger partial charge in [0.2, 0.25) is 0 Å². The zero-order valence-electron chi connectivity index (χ0n) is 12.3. The molecule has 21 heavy (non-hydrogen) atoms. The molecule has 5 heteroatoms. The predicted molar refractivity (Wildman–Crippen MR) is 85.0 cm³/mol. The minimum absolute atomic E-state index is 0.487. The fourth-order valence-electron chi connectivity index (χ4n) is 2.06. The molecule has 0 amide bonds. The van der Waals surface area contributed by atoms with Crippen LogP contribution in [-0.4, -0.2) is 37.0 Å². The molecule has 0 aliphatic rings. The van der Waals surface area contributed by atoms with Gasteiger partial charge in [0.05, 0.1) is 6.61 Å². The van der Waals surface area contributed by atoms with Crippen molar-refractivity contribution < 1.29 is 19.5 Å².